The van der Waals surface area contributed by atoms with Gasteiger partial charge in [0.2, 0.25) is 0 Å². The smallest absolute Gasteiger partial charge is 0.136 e. The minimum absolute atomic E-state index is 0.167. The Morgan fingerprint density at radius 1 is 1.55 bits per heavy atom. The van der Waals surface area contributed by atoms with E-state index in [1.165, 1.54) is 0 Å². The van der Waals surface area contributed by atoms with Crippen molar-refractivity contribution in [1.82, 2.24) is 0 Å². The number of ether oxygens (including phenoxy) is 2. The van der Waals surface area contributed by atoms with Crippen molar-refractivity contribution in [3.8, 4) is 0 Å². The Hall–Kier alpha value is 0.200. The van der Waals surface area contributed by atoms with E-state index >= 15 is 0 Å². The fourth-order valence-electron chi connectivity index (χ4n) is 1.24. The van der Waals surface area contributed by atoms with Crippen LogP contribution in [0, 0.1) is 0 Å². The van der Waals surface area contributed by atoms with Crippen LogP contribution in [0.4, 0.5) is 4.39 Å². The van der Waals surface area contributed by atoms with Crippen LogP contribution in [-0.4, -0.2) is 44.1 Å². The number of halogens is 1. The van der Waals surface area contributed by atoms with Crippen molar-refractivity contribution >= 4 is 11.8 Å². The third-order valence-corrected chi connectivity index (χ3v) is 3.14. The third-order valence-electron chi connectivity index (χ3n) is 1.80. The predicted molar refractivity (Wildman–Crippen MR) is 43.8 cm³/mol. The van der Waals surface area contributed by atoms with Crippen LogP contribution in [0.3, 0.4) is 0 Å². The number of rotatable bonds is 3. The monoisotopic (exact) mass is 180 g/mol. The van der Waals surface area contributed by atoms with Crippen LogP contribution in [0.15, 0.2) is 0 Å². The van der Waals surface area contributed by atoms with E-state index in [0.29, 0.717) is 12.4 Å². The molecule has 0 aliphatic carbocycles. The maximum absolute atomic E-state index is 13.0. The van der Waals surface area contributed by atoms with Crippen molar-refractivity contribution in [3.05, 3.63) is 0 Å². The van der Waals surface area contributed by atoms with Crippen molar-refractivity contribution < 1.29 is 13.9 Å². The average Bonchev–Trinajstić information content (AvgIpc) is 2.33. The summed E-state index contributed by atoms with van der Waals surface area (Å²) >= 11 is 1.58. The summed E-state index contributed by atoms with van der Waals surface area (Å²) < 4.78 is 22.9. The van der Waals surface area contributed by atoms with Gasteiger partial charge >= 0.3 is 0 Å². The molecule has 4 heteroatoms. The van der Waals surface area contributed by atoms with Crippen LogP contribution in [0.5, 0.6) is 0 Å². The van der Waals surface area contributed by atoms with Crippen molar-refractivity contribution in [2.45, 2.75) is 17.5 Å². The van der Waals surface area contributed by atoms with Gasteiger partial charge in [0.1, 0.15) is 12.3 Å². The molecule has 11 heavy (non-hydrogen) atoms. The molecule has 1 fully saturated rings. The first-order chi connectivity index (χ1) is 5.29. The minimum atomic E-state index is -0.829. The van der Waals surface area contributed by atoms with Crippen LogP contribution in [-0.2, 0) is 9.47 Å². The van der Waals surface area contributed by atoms with Gasteiger partial charge in [0.25, 0.3) is 0 Å². The summed E-state index contributed by atoms with van der Waals surface area (Å²) in [6, 6.07) is 0. The zero-order valence-electron chi connectivity index (χ0n) is 6.75. The number of hydrogen-bond donors (Lipinski definition) is 0. The van der Waals surface area contributed by atoms with Crippen LogP contribution in [0.2, 0.25) is 0 Å². The molecule has 3 atom stereocenters. The second-order valence-corrected chi connectivity index (χ2v) is 3.82. The van der Waals surface area contributed by atoms with Crippen molar-refractivity contribution in [1.29, 1.82) is 0 Å². The SMILES string of the molecule is COCC1SCC(F)C1OC. The molecule has 1 aliphatic rings. The summed E-state index contributed by atoms with van der Waals surface area (Å²) in [5.74, 6) is 0.534. The zero-order valence-corrected chi connectivity index (χ0v) is 7.57. The van der Waals surface area contributed by atoms with Gasteiger partial charge in [-0.25, -0.2) is 4.39 Å². The lowest BCUT2D eigenvalue weighted by molar-refractivity contribution is 0.0313. The molecule has 0 saturated carbocycles. The second kappa shape index (κ2) is 4.28. The molecule has 0 N–H and O–H groups in total. The van der Waals surface area contributed by atoms with Gasteiger partial charge in [-0.05, 0) is 0 Å². The van der Waals surface area contributed by atoms with E-state index in [4.69, 9.17) is 9.47 Å². The van der Waals surface area contributed by atoms with E-state index in [1.807, 2.05) is 0 Å². The molecule has 1 aliphatic heterocycles. The lowest BCUT2D eigenvalue weighted by Crippen LogP contribution is -2.31. The van der Waals surface area contributed by atoms with E-state index in [1.54, 1.807) is 26.0 Å². The van der Waals surface area contributed by atoms with Gasteiger partial charge < -0.3 is 9.47 Å². The minimum Gasteiger partial charge on any atom is -0.383 e. The molecule has 0 bridgehead atoms. The topological polar surface area (TPSA) is 18.5 Å². The van der Waals surface area contributed by atoms with Crippen LogP contribution in [0.1, 0.15) is 0 Å². The van der Waals surface area contributed by atoms with E-state index in [2.05, 4.69) is 0 Å². The molecule has 1 saturated heterocycles. The largest absolute Gasteiger partial charge is 0.383 e. The molecular weight excluding hydrogens is 167 g/mol. The highest BCUT2D eigenvalue weighted by Gasteiger charge is 2.36. The number of alkyl halides is 1. The first-order valence-electron chi connectivity index (χ1n) is 3.57. The summed E-state index contributed by atoms with van der Waals surface area (Å²) in [6.45, 7) is 0.573. The summed E-state index contributed by atoms with van der Waals surface area (Å²) in [7, 11) is 3.17. The zero-order chi connectivity index (χ0) is 8.27. The van der Waals surface area contributed by atoms with Crippen LogP contribution in [0.25, 0.3) is 0 Å². The Morgan fingerprint density at radius 2 is 2.27 bits per heavy atom. The highest BCUT2D eigenvalue weighted by Crippen LogP contribution is 2.31. The third kappa shape index (κ3) is 2.07. The molecule has 0 aromatic heterocycles. The summed E-state index contributed by atoms with van der Waals surface area (Å²) in [5.41, 5.74) is 0. The molecule has 3 unspecified atom stereocenters. The molecule has 0 aromatic carbocycles. The lowest BCUT2D eigenvalue weighted by atomic mass is 10.2. The highest BCUT2D eigenvalue weighted by atomic mass is 32.2. The van der Waals surface area contributed by atoms with E-state index < -0.39 is 6.17 Å². The Balaban J connectivity index is 2.40. The average molecular weight is 180 g/mol. The Bertz CT molecular complexity index is 121. The molecule has 66 valence electrons. The molecule has 0 amide bonds. The maximum Gasteiger partial charge on any atom is 0.136 e. The predicted octanol–water partition coefficient (Wildman–Crippen LogP) is 1.10. The van der Waals surface area contributed by atoms with E-state index in [0.717, 1.165) is 0 Å². The quantitative estimate of drug-likeness (QED) is 0.648. The Kier molecular flexibility index (Phi) is 3.62. The van der Waals surface area contributed by atoms with Gasteiger partial charge in [0.15, 0.2) is 0 Å². The molecule has 2 nitrogen and oxygen atoms in total. The van der Waals surface area contributed by atoms with Gasteiger partial charge in [0, 0.05) is 20.0 Å². The summed E-state index contributed by atoms with van der Waals surface area (Å²) in [6.07, 6.45) is -1.11. The van der Waals surface area contributed by atoms with Crippen molar-refractivity contribution in [2.75, 3.05) is 26.6 Å². The van der Waals surface area contributed by atoms with Crippen molar-refractivity contribution in [3.63, 3.8) is 0 Å². The highest BCUT2D eigenvalue weighted by molar-refractivity contribution is 8.00. The van der Waals surface area contributed by atoms with Crippen LogP contribution < -0.4 is 0 Å². The fraction of sp³-hybridized carbons (Fsp3) is 1.00. The molecule has 0 radical (unpaired) electrons. The number of methoxy groups -OCH3 is 2. The fourth-order valence-corrected chi connectivity index (χ4v) is 2.57. The molecular formula is C7H13FO2S. The van der Waals surface area contributed by atoms with E-state index in [-0.39, 0.29) is 11.4 Å². The standard InChI is InChI=1S/C7H13FO2S/c1-9-3-6-7(10-2)5(8)4-11-6/h5-7H,3-4H2,1-2H3. The van der Waals surface area contributed by atoms with Gasteiger partial charge in [-0.2, -0.15) is 11.8 Å². The summed E-state index contributed by atoms with van der Waals surface area (Å²) in [5, 5.41) is 0.167. The normalized spacial score (nSPS) is 37.9. The first-order valence-corrected chi connectivity index (χ1v) is 4.62. The molecule has 1 heterocycles. The number of hydrogen-bond acceptors (Lipinski definition) is 3. The molecule has 0 aromatic rings. The molecule has 1 rings (SSSR count). The Labute approximate surface area is 70.4 Å². The second-order valence-electron chi connectivity index (χ2n) is 2.54. The van der Waals surface area contributed by atoms with Crippen molar-refractivity contribution in [2.24, 2.45) is 0 Å². The Morgan fingerprint density at radius 3 is 2.82 bits per heavy atom. The van der Waals surface area contributed by atoms with Gasteiger partial charge in [0.05, 0.1) is 11.9 Å². The van der Waals surface area contributed by atoms with Gasteiger partial charge in [-0.15, -0.1) is 0 Å². The number of thioether (sulfide) groups is 1. The summed E-state index contributed by atoms with van der Waals surface area (Å²) in [4.78, 5) is 0. The van der Waals surface area contributed by atoms with Gasteiger partial charge in [-0.3, -0.25) is 0 Å². The first kappa shape index (κ1) is 9.29. The lowest BCUT2D eigenvalue weighted by Gasteiger charge is -2.17. The maximum atomic E-state index is 13.0. The van der Waals surface area contributed by atoms with E-state index in [9.17, 15) is 4.39 Å². The van der Waals surface area contributed by atoms with Gasteiger partial charge in [-0.1, -0.05) is 0 Å². The van der Waals surface area contributed by atoms with Crippen LogP contribution >= 0.6 is 11.8 Å². The molecule has 0 spiro atoms.